The first-order chi connectivity index (χ1) is 8.45. The molecule has 0 saturated heterocycles. The molecular formula is C14H20N2O2. The van der Waals surface area contributed by atoms with Crippen LogP contribution in [0.15, 0.2) is 24.3 Å². The monoisotopic (exact) mass is 248 g/mol. The molecule has 4 heteroatoms. The number of ketones is 1. The summed E-state index contributed by atoms with van der Waals surface area (Å²) in [6, 6.07) is 6.85. The van der Waals surface area contributed by atoms with Gasteiger partial charge in [-0.2, -0.15) is 0 Å². The van der Waals surface area contributed by atoms with Crippen LogP contribution in [0.25, 0.3) is 0 Å². The number of nitrogens with one attached hydrogen (secondary N) is 1. The molecule has 1 rings (SSSR count). The summed E-state index contributed by atoms with van der Waals surface area (Å²) in [5.41, 5.74) is 6.90. The van der Waals surface area contributed by atoms with Gasteiger partial charge in [0, 0.05) is 17.8 Å². The molecule has 98 valence electrons. The number of carbonyl (C=O) groups excluding carboxylic acids is 2. The molecule has 3 N–H and O–H groups in total. The van der Waals surface area contributed by atoms with Crippen molar-refractivity contribution in [2.75, 3.05) is 11.9 Å². The smallest absolute Gasteiger partial charge is 0.229 e. The summed E-state index contributed by atoms with van der Waals surface area (Å²) < 4.78 is 0. The molecule has 1 amide bonds. The van der Waals surface area contributed by atoms with Crippen LogP contribution in [0.5, 0.6) is 0 Å². The van der Waals surface area contributed by atoms with Crippen LogP contribution >= 0.6 is 0 Å². The largest absolute Gasteiger partial charge is 0.330 e. The van der Waals surface area contributed by atoms with Crippen molar-refractivity contribution in [3.8, 4) is 0 Å². The van der Waals surface area contributed by atoms with Gasteiger partial charge in [-0.05, 0) is 37.1 Å². The zero-order chi connectivity index (χ0) is 13.7. The average molecular weight is 248 g/mol. The quantitative estimate of drug-likeness (QED) is 0.783. The molecule has 0 aliphatic rings. The van der Waals surface area contributed by atoms with Gasteiger partial charge in [0.15, 0.2) is 5.78 Å². The highest BCUT2D eigenvalue weighted by atomic mass is 16.2. The van der Waals surface area contributed by atoms with Crippen LogP contribution in [-0.4, -0.2) is 18.2 Å². The molecule has 1 aromatic carbocycles. The van der Waals surface area contributed by atoms with Gasteiger partial charge < -0.3 is 11.1 Å². The van der Waals surface area contributed by atoms with Crippen molar-refractivity contribution >= 4 is 17.4 Å². The normalized spacial score (nSPS) is 12.3. The molecule has 1 unspecified atom stereocenters. The first-order valence-electron chi connectivity index (χ1n) is 6.07. The fourth-order valence-corrected chi connectivity index (χ4v) is 1.71. The second-order valence-electron chi connectivity index (χ2n) is 4.71. The predicted molar refractivity (Wildman–Crippen MR) is 72.5 cm³/mol. The Kier molecular flexibility index (Phi) is 5.04. The second kappa shape index (κ2) is 6.31. The molecule has 1 atom stereocenters. The van der Waals surface area contributed by atoms with Gasteiger partial charge in [0.2, 0.25) is 5.91 Å². The Morgan fingerprint density at radius 1 is 1.22 bits per heavy atom. The molecule has 18 heavy (non-hydrogen) atoms. The number of benzene rings is 1. The lowest BCUT2D eigenvalue weighted by molar-refractivity contribution is -0.120. The first kappa shape index (κ1) is 14.4. The summed E-state index contributed by atoms with van der Waals surface area (Å²) in [4.78, 5) is 23.1. The number of anilines is 1. The highest BCUT2D eigenvalue weighted by molar-refractivity contribution is 5.96. The van der Waals surface area contributed by atoms with Crippen LogP contribution in [-0.2, 0) is 4.79 Å². The molecule has 4 nitrogen and oxygen atoms in total. The van der Waals surface area contributed by atoms with E-state index in [4.69, 9.17) is 5.73 Å². The molecule has 0 aliphatic heterocycles. The van der Waals surface area contributed by atoms with E-state index in [1.165, 1.54) is 6.92 Å². The number of hydrogen-bond acceptors (Lipinski definition) is 3. The van der Waals surface area contributed by atoms with Crippen LogP contribution in [0, 0.1) is 11.8 Å². The number of amides is 1. The molecule has 0 bridgehead atoms. The summed E-state index contributed by atoms with van der Waals surface area (Å²) in [6.07, 6.45) is 0. The highest BCUT2D eigenvalue weighted by Crippen LogP contribution is 2.15. The molecule has 0 heterocycles. The van der Waals surface area contributed by atoms with Crippen molar-refractivity contribution in [1.82, 2.24) is 0 Å². The molecule has 0 aliphatic carbocycles. The molecule has 0 saturated carbocycles. The fourth-order valence-electron chi connectivity index (χ4n) is 1.71. The van der Waals surface area contributed by atoms with Crippen LogP contribution < -0.4 is 11.1 Å². The zero-order valence-electron chi connectivity index (χ0n) is 11.1. The van der Waals surface area contributed by atoms with E-state index in [1.54, 1.807) is 24.3 Å². The van der Waals surface area contributed by atoms with Crippen LogP contribution in [0.4, 0.5) is 5.69 Å². The van der Waals surface area contributed by atoms with Crippen molar-refractivity contribution in [3.05, 3.63) is 29.8 Å². The van der Waals surface area contributed by atoms with Crippen molar-refractivity contribution in [2.45, 2.75) is 20.8 Å². The Morgan fingerprint density at radius 3 is 2.17 bits per heavy atom. The Bertz CT molecular complexity index is 424. The predicted octanol–water partition coefficient (Wildman–Crippen LogP) is 2.06. The number of carbonyl (C=O) groups is 2. The molecule has 0 aromatic heterocycles. The van der Waals surface area contributed by atoms with E-state index in [0.29, 0.717) is 17.8 Å². The van der Waals surface area contributed by atoms with Gasteiger partial charge in [0.1, 0.15) is 0 Å². The van der Waals surface area contributed by atoms with Crippen molar-refractivity contribution in [2.24, 2.45) is 17.6 Å². The number of Topliss-reactive ketones (excluding diaryl/α,β-unsaturated/α-hetero) is 1. The summed E-state index contributed by atoms with van der Waals surface area (Å²) >= 11 is 0. The van der Waals surface area contributed by atoms with E-state index in [2.05, 4.69) is 5.32 Å². The van der Waals surface area contributed by atoms with E-state index in [1.807, 2.05) is 13.8 Å². The second-order valence-corrected chi connectivity index (χ2v) is 4.71. The third kappa shape index (κ3) is 3.67. The number of hydrogen-bond donors (Lipinski definition) is 2. The maximum Gasteiger partial charge on any atom is 0.229 e. The van der Waals surface area contributed by atoms with E-state index in [9.17, 15) is 9.59 Å². The summed E-state index contributed by atoms with van der Waals surface area (Å²) in [5.74, 6) is -0.0676. The van der Waals surface area contributed by atoms with Crippen LogP contribution in [0.2, 0.25) is 0 Å². The zero-order valence-corrected chi connectivity index (χ0v) is 11.1. The van der Waals surface area contributed by atoms with Gasteiger partial charge in [-0.15, -0.1) is 0 Å². The summed E-state index contributed by atoms with van der Waals surface area (Å²) in [6.45, 7) is 5.78. The topological polar surface area (TPSA) is 72.2 Å². The first-order valence-corrected chi connectivity index (χ1v) is 6.07. The lowest BCUT2D eigenvalue weighted by Crippen LogP contribution is -2.33. The Hall–Kier alpha value is -1.68. The third-order valence-corrected chi connectivity index (χ3v) is 2.95. The van der Waals surface area contributed by atoms with Crippen molar-refractivity contribution in [3.63, 3.8) is 0 Å². The Labute approximate surface area is 108 Å². The third-order valence-electron chi connectivity index (χ3n) is 2.95. The Morgan fingerprint density at radius 2 is 1.78 bits per heavy atom. The lowest BCUT2D eigenvalue weighted by atomic mass is 9.95. The number of nitrogens with two attached hydrogens (primary N) is 1. The van der Waals surface area contributed by atoms with E-state index >= 15 is 0 Å². The minimum atomic E-state index is -0.197. The number of rotatable bonds is 5. The van der Waals surface area contributed by atoms with E-state index in [-0.39, 0.29) is 23.5 Å². The van der Waals surface area contributed by atoms with Crippen molar-refractivity contribution < 1.29 is 9.59 Å². The van der Waals surface area contributed by atoms with Crippen LogP contribution in [0.3, 0.4) is 0 Å². The minimum absolute atomic E-state index is 0.00916. The van der Waals surface area contributed by atoms with Crippen molar-refractivity contribution in [1.29, 1.82) is 0 Å². The van der Waals surface area contributed by atoms with Gasteiger partial charge in [-0.1, -0.05) is 13.8 Å². The van der Waals surface area contributed by atoms with Gasteiger partial charge in [0.25, 0.3) is 0 Å². The summed E-state index contributed by atoms with van der Waals surface area (Å²) in [5, 5.41) is 2.81. The molecule has 1 aromatic rings. The van der Waals surface area contributed by atoms with E-state index in [0.717, 1.165) is 0 Å². The molecule has 0 spiro atoms. The molecule has 0 radical (unpaired) electrons. The maximum atomic E-state index is 11.9. The molecular weight excluding hydrogens is 228 g/mol. The average Bonchev–Trinajstić information content (AvgIpc) is 2.29. The fraction of sp³-hybridized carbons (Fsp3) is 0.429. The minimum Gasteiger partial charge on any atom is -0.330 e. The van der Waals surface area contributed by atoms with Gasteiger partial charge >= 0.3 is 0 Å². The summed E-state index contributed by atoms with van der Waals surface area (Å²) in [7, 11) is 0. The van der Waals surface area contributed by atoms with Gasteiger partial charge in [-0.25, -0.2) is 0 Å². The SMILES string of the molecule is CC(=O)c1ccc(NC(=O)C(CN)C(C)C)cc1. The van der Waals surface area contributed by atoms with Gasteiger partial charge in [0.05, 0.1) is 5.92 Å². The van der Waals surface area contributed by atoms with Gasteiger partial charge in [-0.3, -0.25) is 9.59 Å². The van der Waals surface area contributed by atoms with Crippen LogP contribution in [0.1, 0.15) is 31.1 Å². The maximum absolute atomic E-state index is 11.9. The standard InChI is InChI=1S/C14H20N2O2/c1-9(2)13(8-15)14(18)16-12-6-4-11(5-7-12)10(3)17/h4-7,9,13H,8,15H2,1-3H3,(H,16,18). The lowest BCUT2D eigenvalue weighted by Gasteiger charge is -2.18. The molecule has 0 fully saturated rings. The Balaban J connectivity index is 2.73. The highest BCUT2D eigenvalue weighted by Gasteiger charge is 2.20. The van der Waals surface area contributed by atoms with E-state index < -0.39 is 0 Å².